The fraction of sp³-hybridized carbons (Fsp3) is 0.200. The third-order valence-corrected chi connectivity index (χ3v) is 4.42. The van der Waals surface area contributed by atoms with Crippen LogP contribution in [0.4, 0.5) is 5.69 Å². The SMILES string of the molecule is COC(=O)CNC(=O)c1c2nc3c(C(=O)NCC(=O)OC)cccc3oc-2cc(=O)c1N. The number of nitrogen functional groups attached to an aromatic ring is 1. The molecule has 1 heterocycles. The first-order valence-electron chi connectivity index (χ1n) is 9.13. The summed E-state index contributed by atoms with van der Waals surface area (Å²) in [6.07, 6.45) is 0. The summed E-state index contributed by atoms with van der Waals surface area (Å²) < 4.78 is 14.7. The lowest BCUT2D eigenvalue weighted by molar-refractivity contribution is -0.140. The Labute approximate surface area is 180 Å². The molecule has 0 saturated heterocycles. The Bertz CT molecular complexity index is 1270. The normalized spacial score (nSPS) is 10.6. The molecular formula is C20H18N4O8. The molecule has 1 aliphatic carbocycles. The number of rotatable bonds is 6. The summed E-state index contributed by atoms with van der Waals surface area (Å²) in [5.74, 6) is -2.92. The number of anilines is 1. The lowest BCUT2D eigenvalue weighted by Crippen LogP contribution is -2.32. The lowest BCUT2D eigenvalue weighted by Gasteiger charge is -2.14. The number of hydrogen-bond donors (Lipinski definition) is 3. The van der Waals surface area contributed by atoms with Gasteiger partial charge in [-0.3, -0.25) is 24.0 Å². The number of ether oxygens (including phenoxy) is 2. The average molecular weight is 442 g/mol. The Morgan fingerprint density at radius 1 is 1.03 bits per heavy atom. The largest absolute Gasteiger partial charge is 0.468 e. The van der Waals surface area contributed by atoms with Gasteiger partial charge in [-0.25, -0.2) is 4.98 Å². The maximum atomic E-state index is 12.7. The molecule has 1 aliphatic heterocycles. The van der Waals surface area contributed by atoms with E-state index in [-0.39, 0.29) is 40.2 Å². The van der Waals surface area contributed by atoms with E-state index in [9.17, 15) is 24.0 Å². The van der Waals surface area contributed by atoms with Crippen LogP contribution in [0.2, 0.25) is 0 Å². The van der Waals surface area contributed by atoms with Gasteiger partial charge in [0.15, 0.2) is 11.3 Å². The molecule has 2 amide bonds. The van der Waals surface area contributed by atoms with Crippen molar-refractivity contribution < 1.29 is 33.1 Å². The van der Waals surface area contributed by atoms with E-state index in [4.69, 9.17) is 10.2 Å². The second kappa shape index (κ2) is 9.12. The minimum absolute atomic E-state index is 0.0442. The molecule has 12 nitrogen and oxygen atoms in total. The fourth-order valence-corrected chi connectivity index (χ4v) is 2.82. The van der Waals surface area contributed by atoms with Crippen molar-refractivity contribution in [2.75, 3.05) is 33.0 Å². The zero-order chi connectivity index (χ0) is 23.4. The zero-order valence-electron chi connectivity index (χ0n) is 17.0. The first-order valence-corrected chi connectivity index (χ1v) is 9.13. The topological polar surface area (TPSA) is 180 Å². The zero-order valence-corrected chi connectivity index (χ0v) is 17.0. The van der Waals surface area contributed by atoms with Crippen molar-refractivity contribution >= 4 is 40.5 Å². The number of amides is 2. The van der Waals surface area contributed by atoms with Crippen LogP contribution in [0.1, 0.15) is 20.7 Å². The quantitative estimate of drug-likeness (QED) is 0.260. The van der Waals surface area contributed by atoms with Crippen LogP contribution in [0, 0.1) is 0 Å². The Morgan fingerprint density at radius 3 is 2.28 bits per heavy atom. The number of nitrogens with one attached hydrogen (secondary N) is 2. The molecule has 0 saturated carbocycles. The minimum Gasteiger partial charge on any atom is -0.468 e. The fourth-order valence-electron chi connectivity index (χ4n) is 2.82. The highest BCUT2D eigenvalue weighted by Gasteiger charge is 2.26. The maximum absolute atomic E-state index is 12.7. The molecule has 4 N–H and O–H groups in total. The Balaban J connectivity index is 2.14. The molecule has 2 aliphatic rings. The van der Waals surface area contributed by atoms with Crippen LogP contribution in [-0.4, -0.2) is 56.0 Å². The molecular weight excluding hydrogens is 424 g/mol. The van der Waals surface area contributed by atoms with Gasteiger partial charge in [-0.15, -0.1) is 0 Å². The highest BCUT2D eigenvalue weighted by molar-refractivity contribution is 6.08. The molecule has 1 aromatic rings. The van der Waals surface area contributed by atoms with Crippen molar-refractivity contribution in [2.45, 2.75) is 0 Å². The number of fused-ring (bicyclic) bond motifs is 2. The van der Waals surface area contributed by atoms with E-state index in [0.29, 0.717) is 0 Å². The number of methoxy groups -OCH3 is 2. The van der Waals surface area contributed by atoms with Crippen LogP contribution in [0.5, 0.6) is 0 Å². The maximum Gasteiger partial charge on any atom is 0.325 e. The molecule has 3 rings (SSSR count). The molecule has 0 atom stereocenters. The highest BCUT2D eigenvalue weighted by Crippen LogP contribution is 2.30. The second-order valence-corrected chi connectivity index (χ2v) is 6.39. The number of carbonyl (C=O) groups is 4. The van der Waals surface area contributed by atoms with Gasteiger partial charge in [0.05, 0.1) is 31.0 Å². The molecule has 12 heteroatoms. The van der Waals surface area contributed by atoms with Gasteiger partial charge in [0.25, 0.3) is 11.8 Å². The van der Waals surface area contributed by atoms with E-state index >= 15 is 0 Å². The number of aromatic nitrogens is 1. The van der Waals surface area contributed by atoms with Crippen molar-refractivity contribution in [1.82, 2.24) is 15.6 Å². The molecule has 32 heavy (non-hydrogen) atoms. The Kier molecular flexibility index (Phi) is 6.33. The molecule has 0 radical (unpaired) electrons. The minimum atomic E-state index is -0.856. The van der Waals surface area contributed by atoms with Crippen molar-refractivity contribution in [3.05, 3.63) is 45.6 Å². The van der Waals surface area contributed by atoms with Gasteiger partial charge in [-0.05, 0) is 12.1 Å². The molecule has 0 bridgehead atoms. The van der Waals surface area contributed by atoms with Gasteiger partial charge in [0.1, 0.15) is 24.3 Å². The van der Waals surface area contributed by atoms with Gasteiger partial charge >= 0.3 is 11.9 Å². The summed E-state index contributed by atoms with van der Waals surface area (Å²) in [5.41, 5.74) is 4.58. The molecule has 0 aromatic heterocycles. The summed E-state index contributed by atoms with van der Waals surface area (Å²) >= 11 is 0. The molecule has 0 unspecified atom stereocenters. The lowest BCUT2D eigenvalue weighted by atomic mass is 10.0. The number of benzene rings is 2. The molecule has 0 fully saturated rings. The second-order valence-electron chi connectivity index (χ2n) is 6.39. The first kappa shape index (κ1) is 22.2. The summed E-state index contributed by atoms with van der Waals surface area (Å²) in [5, 5.41) is 4.68. The van der Waals surface area contributed by atoms with Crippen LogP contribution in [0.15, 0.2) is 33.5 Å². The predicted molar refractivity (Wildman–Crippen MR) is 110 cm³/mol. The van der Waals surface area contributed by atoms with E-state index in [1.54, 1.807) is 0 Å². The number of hydrogen-bond acceptors (Lipinski definition) is 10. The average Bonchev–Trinajstić information content (AvgIpc) is 2.79. The standard InChI is InChI=1S/C20H18N4O8/c1-30-13(26)7-22-19(28)9-4-3-5-11-17(9)24-18-12(32-11)6-10(25)16(21)15(18)20(29)23-8-14(27)31-2/h3-6H,7-8,21H2,1-2H3,(H,22,28)(H,23,29). The third kappa shape index (κ3) is 4.33. The van der Waals surface area contributed by atoms with Crippen LogP contribution < -0.4 is 21.8 Å². The molecule has 1 aromatic carbocycles. The summed E-state index contributed by atoms with van der Waals surface area (Å²) in [6, 6.07) is 5.53. The smallest absolute Gasteiger partial charge is 0.325 e. The number of nitrogens with two attached hydrogens (primary N) is 1. The van der Waals surface area contributed by atoms with Crippen LogP contribution >= 0.6 is 0 Å². The van der Waals surface area contributed by atoms with E-state index in [1.165, 1.54) is 25.3 Å². The predicted octanol–water partition coefficient (Wildman–Crippen LogP) is -0.319. The molecule has 0 spiro atoms. The highest BCUT2D eigenvalue weighted by atomic mass is 16.5. The van der Waals surface area contributed by atoms with Crippen molar-refractivity contribution in [2.24, 2.45) is 0 Å². The summed E-state index contributed by atoms with van der Waals surface area (Å²) in [6.45, 7) is -0.838. The monoisotopic (exact) mass is 442 g/mol. The third-order valence-electron chi connectivity index (χ3n) is 4.42. The van der Waals surface area contributed by atoms with Crippen molar-refractivity contribution in [1.29, 1.82) is 0 Å². The van der Waals surface area contributed by atoms with Crippen LogP contribution in [-0.2, 0) is 19.1 Å². The van der Waals surface area contributed by atoms with E-state index in [1.807, 2.05) is 0 Å². The summed E-state index contributed by atoms with van der Waals surface area (Å²) in [4.78, 5) is 64.5. The van der Waals surface area contributed by atoms with Crippen LogP contribution in [0.25, 0.3) is 22.6 Å². The van der Waals surface area contributed by atoms with Gasteiger partial charge in [0.2, 0.25) is 5.43 Å². The van der Waals surface area contributed by atoms with E-state index in [2.05, 4.69) is 25.1 Å². The first-order chi connectivity index (χ1) is 15.3. The Morgan fingerprint density at radius 2 is 1.66 bits per heavy atom. The summed E-state index contributed by atoms with van der Waals surface area (Å²) in [7, 11) is 2.33. The van der Waals surface area contributed by atoms with Gasteiger partial charge in [0, 0.05) is 6.07 Å². The van der Waals surface area contributed by atoms with E-state index < -0.39 is 41.4 Å². The van der Waals surface area contributed by atoms with Crippen molar-refractivity contribution in [3.63, 3.8) is 0 Å². The van der Waals surface area contributed by atoms with Crippen molar-refractivity contribution in [3.8, 4) is 11.5 Å². The van der Waals surface area contributed by atoms with Gasteiger partial charge in [-0.2, -0.15) is 0 Å². The molecule has 166 valence electrons. The number of nitrogens with zero attached hydrogens (tertiary/aromatic N) is 1. The van der Waals surface area contributed by atoms with Crippen LogP contribution in [0.3, 0.4) is 0 Å². The van der Waals surface area contributed by atoms with Gasteiger partial charge < -0.3 is 30.3 Å². The Hall–Kier alpha value is -4.48. The number of para-hydroxylation sites is 1. The van der Waals surface area contributed by atoms with Gasteiger partial charge in [-0.1, -0.05) is 6.07 Å². The number of esters is 2. The number of carbonyl (C=O) groups excluding carboxylic acids is 4. The van der Waals surface area contributed by atoms with E-state index in [0.717, 1.165) is 13.2 Å².